The number of fused-ring (bicyclic) bond motifs is 5. The molecule has 2 aromatic heterocycles. The Balaban J connectivity index is 1.69. The lowest BCUT2D eigenvalue weighted by Crippen LogP contribution is -2.32. The first kappa shape index (κ1) is 18.7. The molecule has 31 heavy (non-hydrogen) atoms. The molecule has 2 N–H and O–H groups in total. The van der Waals surface area contributed by atoms with E-state index >= 15 is 0 Å². The minimum absolute atomic E-state index is 0.00352. The van der Waals surface area contributed by atoms with Crippen molar-refractivity contribution in [2.45, 2.75) is 58.2 Å². The molecular weight excluding hydrogens is 397 g/mol. The molecule has 3 aromatic rings. The number of aromatic nitrogens is 2. The molecule has 4 heterocycles. The van der Waals surface area contributed by atoms with Crippen molar-refractivity contribution in [1.82, 2.24) is 9.55 Å². The summed E-state index contributed by atoms with van der Waals surface area (Å²) >= 11 is 0. The summed E-state index contributed by atoms with van der Waals surface area (Å²) in [4.78, 5) is 30.5. The number of halogens is 1. The molecule has 1 aliphatic carbocycles. The Bertz CT molecular complexity index is 1390. The predicted molar refractivity (Wildman–Crippen MR) is 113 cm³/mol. The summed E-state index contributed by atoms with van der Waals surface area (Å²) in [7, 11) is 0. The zero-order valence-electron chi connectivity index (χ0n) is 17.4. The Morgan fingerprint density at radius 3 is 2.84 bits per heavy atom. The molecule has 0 saturated carbocycles. The Kier molecular flexibility index (Phi) is 3.76. The average molecular weight is 419 g/mol. The number of esters is 1. The van der Waals surface area contributed by atoms with Crippen molar-refractivity contribution in [1.29, 1.82) is 0 Å². The fraction of sp³-hybridized carbons (Fsp3) is 0.375. The molecule has 6 nitrogen and oxygen atoms in total. The van der Waals surface area contributed by atoms with Crippen LogP contribution in [0, 0.1) is 12.7 Å². The van der Waals surface area contributed by atoms with Gasteiger partial charge in [-0.3, -0.25) is 9.59 Å². The summed E-state index contributed by atoms with van der Waals surface area (Å²) < 4.78 is 21.6. The van der Waals surface area contributed by atoms with E-state index in [1.54, 1.807) is 11.5 Å². The second-order valence-electron chi connectivity index (χ2n) is 8.78. The summed E-state index contributed by atoms with van der Waals surface area (Å²) in [5.74, 6) is -1.03. The number of cyclic esters (lactones) is 1. The van der Waals surface area contributed by atoms with E-state index in [0.29, 0.717) is 47.4 Å². The molecule has 3 aliphatic rings. The maximum absolute atomic E-state index is 14.6. The zero-order valence-corrected chi connectivity index (χ0v) is 17.4. The average Bonchev–Trinajstić information content (AvgIpc) is 3.11. The molecular formula is C24H22FN3O3. The second-order valence-corrected chi connectivity index (χ2v) is 8.78. The van der Waals surface area contributed by atoms with Crippen molar-refractivity contribution in [3.8, 4) is 11.4 Å². The quantitative estimate of drug-likeness (QED) is 0.478. The van der Waals surface area contributed by atoms with Gasteiger partial charge in [-0.2, -0.15) is 0 Å². The van der Waals surface area contributed by atoms with E-state index in [1.165, 1.54) is 6.07 Å². The van der Waals surface area contributed by atoms with Crippen LogP contribution in [-0.2, 0) is 29.1 Å². The number of carbonyl (C=O) groups is 1. The number of rotatable bonds is 1. The number of pyridine rings is 2. The van der Waals surface area contributed by atoms with Crippen molar-refractivity contribution >= 4 is 16.9 Å². The van der Waals surface area contributed by atoms with Gasteiger partial charge in [-0.15, -0.1) is 0 Å². The van der Waals surface area contributed by atoms with E-state index in [-0.39, 0.29) is 30.0 Å². The van der Waals surface area contributed by atoms with Gasteiger partial charge in [0.25, 0.3) is 5.56 Å². The Labute approximate surface area is 177 Å². The van der Waals surface area contributed by atoms with Crippen molar-refractivity contribution < 1.29 is 13.9 Å². The van der Waals surface area contributed by atoms with Crippen LogP contribution in [0.1, 0.15) is 65.1 Å². The first-order chi connectivity index (χ1) is 14.9. The normalized spacial score (nSPS) is 21.0. The third-order valence-electron chi connectivity index (χ3n) is 7.24. The van der Waals surface area contributed by atoms with Crippen LogP contribution < -0.4 is 11.3 Å². The van der Waals surface area contributed by atoms with E-state index in [1.807, 2.05) is 13.0 Å². The van der Waals surface area contributed by atoms with Gasteiger partial charge in [0, 0.05) is 23.1 Å². The number of hydrogen-bond acceptors (Lipinski definition) is 5. The van der Waals surface area contributed by atoms with Crippen LogP contribution in [0.25, 0.3) is 22.3 Å². The van der Waals surface area contributed by atoms with E-state index in [2.05, 4.69) is 0 Å². The summed E-state index contributed by atoms with van der Waals surface area (Å²) in [5.41, 5.74) is 13.1. The van der Waals surface area contributed by atoms with Crippen LogP contribution in [-0.4, -0.2) is 15.5 Å². The maximum atomic E-state index is 14.6. The third-order valence-corrected chi connectivity index (χ3v) is 7.24. The highest BCUT2D eigenvalue weighted by Gasteiger charge is 2.36. The fourth-order valence-corrected chi connectivity index (χ4v) is 5.61. The van der Waals surface area contributed by atoms with Crippen molar-refractivity contribution in [3.05, 3.63) is 61.7 Å². The van der Waals surface area contributed by atoms with Crippen LogP contribution in [0.15, 0.2) is 16.9 Å². The molecule has 158 valence electrons. The Morgan fingerprint density at radius 2 is 2.06 bits per heavy atom. The number of benzene rings is 1. The highest BCUT2D eigenvalue weighted by atomic mass is 19.1. The first-order valence-corrected chi connectivity index (χ1v) is 10.7. The topological polar surface area (TPSA) is 87.2 Å². The lowest BCUT2D eigenvalue weighted by Gasteiger charge is -2.26. The van der Waals surface area contributed by atoms with Crippen LogP contribution in [0.3, 0.4) is 0 Å². The molecule has 0 bridgehead atoms. The summed E-state index contributed by atoms with van der Waals surface area (Å²) in [6.07, 6.45) is 2.00. The monoisotopic (exact) mass is 419 g/mol. The molecule has 0 radical (unpaired) electrons. The molecule has 2 atom stereocenters. The van der Waals surface area contributed by atoms with Crippen LogP contribution in [0.5, 0.6) is 0 Å². The van der Waals surface area contributed by atoms with Gasteiger partial charge in [0.15, 0.2) is 0 Å². The smallest absolute Gasteiger partial charge is 0.313 e. The number of hydrogen-bond donors (Lipinski definition) is 1. The van der Waals surface area contributed by atoms with Crippen molar-refractivity contribution in [2.75, 3.05) is 0 Å². The van der Waals surface area contributed by atoms with Gasteiger partial charge in [-0.05, 0) is 54.5 Å². The third kappa shape index (κ3) is 2.32. The van der Waals surface area contributed by atoms with Gasteiger partial charge < -0.3 is 15.0 Å². The van der Waals surface area contributed by atoms with Crippen LogP contribution >= 0.6 is 0 Å². The SMILES string of the molecule is CCC1C(=O)OCc2c1cc1n(c2=O)Cc2c-1nc1cc(F)c(C)c3c1c2C(N)CC3. The zero-order chi connectivity index (χ0) is 21.6. The highest BCUT2D eigenvalue weighted by Crippen LogP contribution is 2.44. The lowest BCUT2D eigenvalue weighted by atomic mass is 9.82. The van der Waals surface area contributed by atoms with Gasteiger partial charge in [0.05, 0.1) is 34.9 Å². The van der Waals surface area contributed by atoms with Crippen molar-refractivity contribution in [3.63, 3.8) is 0 Å². The van der Waals surface area contributed by atoms with Gasteiger partial charge >= 0.3 is 5.97 Å². The van der Waals surface area contributed by atoms with E-state index in [0.717, 1.165) is 34.1 Å². The number of nitrogens with zero attached hydrogens (tertiary/aromatic N) is 2. The lowest BCUT2D eigenvalue weighted by molar-refractivity contribution is -0.148. The molecule has 0 saturated heterocycles. The molecule has 0 amide bonds. The first-order valence-electron chi connectivity index (χ1n) is 10.7. The van der Waals surface area contributed by atoms with E-state index in [4.69, 9.17) is 15.5 Å². The largest absolute Gasteiger partial charge is 0.460 e. The van der Waals surface area contributed by atoms with Gasteiger partial charge in [-0.25, -0.2) is 9.37 Å². The second kappa shape index (κ2) is 6.23. The molecule has 0 fully saturated rings. The molecule has 2 unspecified atom stereocenters. The molecule has 6 rings (SSSR count). The molecule has 7 heteroatoms. The van der Waals surface area contributed by atoms with E-state index in [9.17, 15) is 14.0 Å². The van der Waals surface area contributed by atoms with E-state index < -0.39 is 5.92 Å². The minimum Gasteiger partial charge on any atom is -0.460 e. The minimum atomic E-state index is -0.459. The van der Waals surface area contributed by atoms with Gasteiger partial charge in [0.1, 0.15) is 12.4 Å². The predicted octanol–water partition coefficient (Wildman–Crippen LogP) is 3.37. The molecule has 1 aromatic carbocycles. The number of nitrogens with two attached hydrogens (primary N) is 1. The maximum Gasteiger partial charge on any atom is 0.313 e. The Hall–Kier alpha value is -3.06. The summed E-state index contributed by atoms with van der Waals surface area (Å²) in [6.45, 7) is 4.08. The van der Waals surface area contributed by atoms with Gasteiger partial charge in [-0.1, -0.05) is 6.92 Å². The molecule has 2 aliphatic heterocycles. The fourth-order valence-electron chi connectivity index (χ4n) is 5.61. The number of carbonyl (C=O) groups excluding carboxylic acids is 1. The summed E-state index contributed by atoms with van der Waals surface area (Å²) in [6, 6.07) is 3.19. The Morgan fingerprint density at radius 1 is 1.26 bits per heavy atom. The number of aryl methyl sites for hydroxylation is 1. The van der Waals surface area contributed by atoms with Gasteiger partial charge in [0.2, 0.25) is 0 Å². The highest BCUT2D eigenvalue weighted by molar-refractivity contribution is 5.93. The number of ether oxygens (including phenoxy) is 1. The van der Waals surface area contributed by atoms with Crippen LogP contribution in [0.2, 0.25) is 0 Å². The molecule has 0 spiro atoms. The standard InChI is InChI=1S/C24H22FN3O3/c1-3-11-13-6-19-22-14(8-28(19)23(29)15(13)9-31-24(11)30)20-17(26)5-4-12-10(2)16(25)7-18(27-22)21(12)20/h6-7,11,17H,3-5,8-9,26H2,1-2H3. The van der Waals surface area contributed by atoms with Crippen LogP contribution in [0.4, 0.5) is 4.39 Å². The van der Waals surface area contributed by atoms with Crippen molar-refractivity contribution in [2.24, 2.45) is 5.73 Å². The summed E-state index contributed by atoms with van der Waals surface area (Å²) in [5, 5.41) is 0.937.